The molecule has 0 bridgehead atoms. The number of hydrogen-bond donors (Lipinski definition) is 1. The Morgan fingerprint density at radius 2 is 1.74 bits per heavy atom. The fourth-order valence-corrected chi connectivity index (χ4v) is 4.07. The van der Waals surface area contributed by atoms with Crippen molar-refractivity contribution in [2.75, 3.05) is 59.0 Å². The van der Waals surface area contributed by atoms with E-state index in [0.717, 1.165) is 19.6 Å². The van der Waals surface area contributed by atoms with Crippen molar-refractivity contribution in [3.8, 4) is 23.0 Å². The molecule has 1 fully saturated rings. The molecule has 31 heavy (non-hydrogen) atoms. The van der Waals surface area contributed by atoms with Gasteiger partial charge in [-0.25, -0.2) is 0 Å². The zero-order valence-electron chi connectivity index (χ0n) is 19.1. The van der Waals surface area contributed by atoms with Crippen molar-refractivity contribution in [3.05, 3.63) is 42.0 Å². The number of aliphatic hydroxyl groups excluding tert-OH is 1. The predicted molar refractivity (Wildman–Crippen MR) is 122 cm³/mol. The number of anilines is 1. The van der Waals surface area contributed by atoms with E-state index < -0.39 is 6.10 Å². The zero-order valence-corrected chi connectivity index (χ0v) is 19.1. The van der Waals surface area contributed by atoms with E-state index >= 15 is 0 Å². The number of methoxy groups -OCH3 is 3. The molecule has 7 heteroatoms. The van der Waals surface area contributed by atoms with Crippen LogP contribution in [0.15, 0.2) is 36.4 Å². The number of benzene rings is 2. The molecule has 2 atom stereocenters. The number of aryl methyl sites for hydroxylation is 1. The van der Waals surface area contributed by atoms with Gasteiger partial charge >= 0.3 is 0 Å². The maximum Gasteiger partial charge on any atom is 0.203 e. The molecule has 3 rings (SSSR count). The maximum atomic E-state index is 10.6. The number of rotatable bonds is 9. The molecule has 1 heterocycles. The molecular formula is C24H34N2O5. The summed E-state index contributed by atoms with van der Waals surface area (Å²) in [5.74, 6) is 2.12. The van der Waals surface area contributed by atoms with Crippen molar-refractivity contribution in [1.29, 1.82) is 0 Å². The van der Waals surface area contributed by atoms with Crippen molar-refractivity contribution in [2.24, 2.45) is 0 Å². The largest absolute Gasteiger partial charge is 0.493 e. The van der Waals surface area contributed by atoms with E-state index in [2.05, 4.69) is 47.9 Å². The van der Waals surface area contributed by atoms with E-state index in [9.17, 15) is 5.11 Å². The van der Waals surface area contributed by atoms with Crippen LogP contribution in [0, 0.1) is 6.92 Å². The first-order chi connectivity index (χ1) is 14.9. The maximum absolute atomic E-state index is 10.6. The van der Waals surface area contributed by atoms with Crippen molar-refractivity contribution in [1.82, 2.24) is 4.90 Å². The second kappa shape index (κ2) is 10.6. The highest BCUT2D eigenvalue weighted by Crippen LogP contribution is 2.40. The van der Waals surface area contributed by atoms with Gasteiger partial charge in [0.1, 0.15) is 18.5 Å². The first kappa shape index (κ1) is 23.0. The summed E-state index contributed by atoms with van der Waals surface area (Å²) in [4.78, 5) is 4.72. The monoisotopic (exact) mass is 430 g/mol. The quantitative estimate of drug-likeness (QED) is 0.656. The summed E-state index contributed by atoms with van der Waals surface area (Å²) in [5.41, 5.74) is 2.53. The molecule has 0 amide bonds. The fraction of sp³-hybridized carbons (Fsp3) is 0.500. The molecule has 2 aromatic carbocycles. The van der Waals surface area contributed by atoms with Gasteiger partial charge in [-0.05, 0) is 31.5 Å². The van der Waals surface area contributed by atoms with Crippen LogP contribution in [0.5, 0.6) is 23.0 Å². The smallest absolute Gasteiger partial charge is 0.203 e. The lowest BCUT2D eigenvalue weighted by molar-refractivity contribution is 0.0621. The molecule has 1 N–H and O–H groups in total. The Hall–Kier alpha value is -2.64. The summed E-state index contributed by atoms with van der Waals surface area (Å²) in [6, 6.07) is 12.5. The minimum atomic E-state index is -0.600. The van der Waals surface area contributed by atoms with Crippen LogP contribution in [-0.2, 0) is 0 Å². The van der Waals surface area contributed by atoms with Crippen molar-refractivity contribution >= 4 is 5.69 Å². The number of β-amino-alcohol motifs (C(OH)–C–C–N with tert-alkyl or cyclic N) is 1. The number of nitrogens with zero attached hydrogens (tertiary/aromatic N) is 2. The zero-order chi connectivity index (χ0) is 22.4. The van der Waals surface area contributed by atoms with Crippen molar-refractivity contribution in [3.63, 3.8) is 0 Å². The summed E-state index contributed by atoms with van der Waals surface area (Å²) in [7, 11) is 4.69. The van der Waals surface area contributed by atoms with Gasteiger partial charge in [0.15, 0.2) is 11.5 Å². The van der Waals surface area contributed by atoms with Crippen LogP contribution in [0.25, 0.3) is 0 Å². The summed E-state index contributed by atoms with van der Waals surface area (Å²) in [5, 5.41) is 10.6. The van der Waals surface area contributed by atoms with E-state index in [0.29, 0.717) is 35.6 Å². The minimum absolute atomic E-state index is 0.186. The van der Waals surface area contributed by atoms with Crippen LogP contribution < -0.4 is 23.8 Å². The summed E-state index contributed by atoms with van der Waals surface area (Å²) in [6.45, 7) is 7.84. The Bertz CT molecular complexity index is 835. The van der Waals surface area contributed by atoms with Crippen LogP contribution in [0.2, 0.25) is 0 Å². The summed E-state index contributed by atoms with van der Waals surface area (Å²) >= 11 is 0. The Kier molecular flexibility index (Phi) is 7.87. The standard InChI is InChI=1S/C24H34N2O5/c1-17-7-6-8-19(11-17)26-10-9-25(14-18(26)2)15-20(27)16-31-21-12-22(28-3)24(30-5)23(13-21)29-4/h6-8,11-13,18,20,27H,9-10,14-16H2,1-5H3. The first-order valence-corrected chi connectivity index (χ1v) is 10.6. The van der Waals surface area contributed by atoms with E-state index in [1.807, 2.05) is 0 Å². The van der Waals surface area contributed by atoms with Crippen molar-refractivity contribution in [2.45, 2.75) is 26.0 Å². The number of ether oxygens (including phenoxy) is 4. The second-order valence-electron chi connectivity index (χ2n) is 7.97. The van der Waals surface area contributed by atoms with Gasteiger partial charge < -0.3 is 29.0 Å². The number of piperazine rings is 1. The summed E-state index contributed by atoms with van der Waals surface area (Å²) < 4.78 is 21.9. The van der Waals surface area contributed by atoms with Gasteiger partial charge in [0, 0.05) is 50.0 Å². The topological polar surface area (TPSA) is 63.6 Å². The lowest BCUT2D eigenvalue weighted by Crippen LogP contribution is -2.54. The van der Waals surface area contributed by atoms with Gasteiger partial charge in [0.25, 0.3) is 0 Å². The highest BCUT2D eigenvalue weighted by molar-refractivity contribution is 5.56. The van der Waals surface area contributed by atoms with Gasteiger partial charge in [-0.2, -0.15) is 0 Å². The predicted octanol–water partition coefficient (Wildman–Crippen LogP) is 2.97. The van der Waals surface area contributed by atoms with Gasteiger partial charge in [-0.1, -0.05) is 12.1 Å². The normalized spacial score (nSPS) is 17.9. The molecule has 1 aliphatic heterocycles. The van der Waals surface area contributed by atoms with E-state index in [4.69, 9.17) is 18.9 Å². The minimum Gasteiger partial charge on any atom is -0.493 e. The molecule has 1 saturated heterocycles. The molecule has 0 aliphatic carbocycles. The van der Waals surface area contributed by atoms with Gasteiger partial charge in [0.2, 0.25) is 5.75 Å². The molecule has 170 valence electrons. The molecule has 7 nitrogen and oxygen atoms in total. The Morgan fingerprint density at radius 1 is 1.03 bits per heavy atom. The molecule has 2 unspecified atom stereocenters. The lowest BCUT2D eigenvalue weighted by Gasteiger charge is -2.42. The highest BCUT2D eigenvalue weighted by Gasteiger charge is 2.25. The molecule has 2 aromatic rings. The Labute approximate surface area is 185 Å². The van der Waals surface area contributed by atoms with Gasteiger partial charge in [-0.3, -0.25) is 4.90 Å². The average molecular weight is 431 g/mol. The van der Waals surface area contributed by atoms with E-state index in [-0.39, 0.29) is 6.61 Å². The number of hydrogen-bond acceptors (Lipinski definition) is 7. The van der Waals surface area contributed by atoms with Crippen LogP contribution in [0.1, 0.15) is 12.5 Å². The Balaban J connectivity index is 1.53. The van der Waals surface area contributed by atoms with Crippen LogP contribution in [0.4, 0.5) is 5.69 Å². The molecule has 0 saturated carbocycles. The summed E-state index contributed by atoms with van der Waals surface area (Å²) in [6.07, 6.45) is -0.600. The molecule has 1 aliphatic rings. The van der Waals surface area contributed by atoms with Crippen molar-refractivity contribution < 1.29 is 24.1 Å². The van der Waals surface area contributed by atoms with E-state index in [1.54, 1.807) is 33.5 Å². The Morgan fingerprint density at radius 3 is 2.32 bits per heavy atom. The van der Waals surface area contributed by atoms with Crippen LogP contribution in [0.3, 0.4) is 0 Å². The average Bonchev–Trinajstić information content (AvgIpc) is 2.76. The van der Waals surface area contributed by atoms with Gasteiger partial charge in [-0.15, -0.1) is 0 Å². The fourth-order valence-electron chi connectivity index (χ4n) is 4.07. The molecule has 0 spiro atoms. The third-order valence-electron chi connectivity index (χ3n) is 5.59. The van der Waals surface area contributed by atoms with E-state index in [1.165, 1.54) is 11.3 Å². The first-order valence-electron chi connectivity index (χ1n) is 10.6. The second-order valence-corrected chi connectivity index (χ2v) is 7.97. The highest BCUT2D eigenvalue weighted by atomic mass is 16.5. The third-order valence-corrected chi connectivity index (χ3v) is 5.59. The number of aliphatic hydroxyl groups is 1. The molecule has 0 radical (unpaired) electrons. The van der Waals surface area contributed by atoms with Gasteiger partial charge in [0.05, 0.1) is 21.3 Å². The molecular weight excluding hydrogens is 396 g/mol. The third kappa shape index (κ3) is 5.74. The molecule has 0 aromatic heterocycles. The lowest BCUT2D eigenvalue weighted by atomic mass is 10.1. The van der Waals surface area contributed by atoms with Crippen LogP contribution in [-0.4, -0.2) is 76.3 Å². The van der Waals surface area contributed by atoms with Crippen LogP contribution >= 0.6 is 0 Å². The SMILES string of the molecule is COc1cc(OCC(O)CN2CCN(c3cccc(C)c3)C(C)C2)cc(OC)c1OC.